The molecule has 7 heteroatoms. The van der Waals surface area contributed by atoms with E-state index >= 15 is 0 Å². The fourth-order valence-electron chi connectivity index (χ4n) is 3.04. The second-order valence-corrected chi connectivity index (χ2v) is 7.60. The Balaban J connectivity index is 1.29. The predicted molar refractivity (Wildman–Crippen MR) is 128 cm³/mol. The zero-order chi connectivity index (χ0) is 23.0. The van der Waals surface area contributed by atoms with Gasteiger partial charge in [-0.15, -0.1) is 0 Å². The van der Waals surface area contributed by atoms with Crippen LogP contribution in [0.3, 0.4) is 0 Å². The Morgan fingerprint density at radius 1 is 0.818 bits per heavy atom. The van der Waals surface area contributed by atoms with Gasteiger partial charge in [-0.2, -0.15) is 0 Å². The lowest BCUT2D eigenvalue weighted by atomic mass is 10.1. The topological polar surface area (TPSA) is 80.3 Å². The highest BCUT2D eigenvalue weighted by Gasteiger charge is 2.08. The van der Waals surface area contributed by atoms with Crippen LogP contribution in [0.1, 0.15) is 26.3 Å². The van der Waals surface area contributed by atoms with Crippen LogP contribution in [0.15, 0.2) is 97.3 Å². The van der Waals surface area contributed by atoms with Crippen molar-refractivity contribution in [3.05, 3.63) is 119 Å². The molecule has 0 bridgehead atoms. The Morgan fingerprint density at radius 2 is 1.55 bits per heavy atom. The van der Waals surface area contributed by atoms with Gasteiger partial charge >= 0.3 is 0 Å². The molecule has 0 radical (unpaired) electrons. The number of aromatic nitrogens is 1. The summed E-state index contributed by atoms with van der Waals surface area (Å²) in [6.07, 6.45) is 3.22. The molecule has 6 nitrogen and oxygen atoms in total. The Morgan fingerprint density at radius 3 is 2.24 bits per heavy atom. The van der Waals surface area contributed by atoms with E-state index < -0.39 is 0 Å². The van der Waals surface area contributed by atoms with E-state index in [1.54, 1.807) is 97.3 Å². The molecule has 3 aromatic carbocycles. The van der Waals surface area contributed by atoms with E-state index in [9.17, 15) is 9.59 Å². The maximum atomic E-state index is 12.5. The molecule has 1 aromatic heterocycles. The van der Waals surface area contributed by atoms with Crippen molar-refractivity contribution in [1.82, 2.24) is 10.3 Å². The predicted octanol–water partition coefficient (Wildman–Crippen LogP) is 5.71. The SMILES string of the molecule is O=C(NCc1ccc(C(=O)Nc2cccnc2)cc1)c1ccc(Oc2cccc(Cl)c2)cc1. The number of hydrogen-bond donors (Lipinski definition) is 2. The summed E-state index contributed by atoms with van der Waals surface area (Å²) in [5.41, 5.74) is 2.54. The van der Waals surface area contributed by atoms with Crippen LogP contribution in [0.25, 0.3) is 0 Å². The lowest BCUT2D eigenvalue weighted by Gasteiger charge is -2.09. The van der Waals surface area contributed by atoms with Crippen LogP contribution in [-0.4, -0.2) is 16.8 Å². The fourth-order valence-corrected chi connectivity index (χ4v) is 3.22. The Hall–Kier alpha value is -4.16. The van der Waals surface area contributed by atoms with Gasteiger partial charge in [0.05, 0.1) is 11.9 Å². The molecule has 0 aliphatic rings. The molecular formula is C26H20ClN3O3. The van der Waals surface area contributed by atoms with Gasteiger partial charge in [-0.1, -0.05) is 29.8 Å². The number of nitrogens with zero attached hydrogens (tertiary/aromatic N) is 1. The van der Waals surface area contributed by atoms with E-state index in [0.29, 0.717) is 39.9 Å². The molecule has 0 aliphatic carbocycles. The maximum absolute atomic E-state index is 12.5. The van der Waals surface area contributed by atoms with Crippen molar-refractivity contribution in [3.8, 4) is 11.5 Å². The van der Waals surface area contributed by atoms with Crippen LogP contribution < -0.4 is 15.4 Å². The van der Waals surface area contributed by atoms with E-state index in [1.807, 2.05) is 0 Å². The van der Waals surface area contributed by atoms with Crippen LogP contribution in [0.5, 0.6) is 11.5 Å². The van der Waals surface area contributed by atoms with Crippen molar-refractivity contribution in [3.63, 3.8) is 0 Å². The highest BCUT2D eigenvalue weighted by Crippen LogP contribution is 2.24. The first kappa shape index (κ1) is 22.0. The van der Waals surface area contributed by atoms with Crippen LogP contribution in [-0.2, 0) is 6.54 Å². The second kappa shape index (κ2) is 10.4. The quantitative estimate of drug-likeness (QED) is 0.372. The summed E-state index contributed by atoms with van der Waals surface area (Å²) in [5.74, 6) is 0.799. The van der Waals surface area contributed by atoms with Crippen molar-refractivity contribution >= 4 is 29.1 Å². The zero-order valence-corrected chi connectivity index (χ0v) is 18.3. The average Bonchev–Trinajstić information content (AvgIpc) is 2.84. The first-order valence-electron chi connectivity index (χ1n) is 10.2. The van der Waals surface area contributed by atoms with Crippen molar-refractivity contribution in [1.29, 1.82) is 0 Å². The Kier molecular flexibility index (Phi) is 6.97. The average molecular weight is 458 g/mol. The first-order chi connectivity index (χ1) is 16.1. The summed E-state index contributed by atoms with van der Waals surface area (Å²) >= 11 is 5.97. The summed E-state index contributed by atoms with van der Waals surface area (Å²) in [4.78, 5) is 28.8. The highest BCUT2D eigenvalue weighted by atomic mass is 35.5. The number of carbonyl (C=O) groups excluding carboxylic acids is 2. The lowest BCUT2D eigenvalue weighted by molar-refractivity contribution is 0.0949. The van der Waals surface area contributed by atoms with Gasteiger partial charge in [-0.25, -0.2) is 0 Å². The number of anilines is 1. The van der Waals surface area contributed by atoms with Gasteiger partial charge in [0.15, 0.2) is 0 Å². The largest absolute Gasteiger partial charge is 0.457 e. The normalized spacial score (nSPS) is 10.3. The van der Waals surface area contributed by atoms with Gasteiger partial charge in [0.25, 0.3) is 11.8 Å². The van der Waals surface area contributed by atoms with Gasteiger partial charge in [-0.05, 0) is 72.3 Å². The van der Waals surface area contributed by atoms with Crippen LogP contribution >= 0.6 is 11.6 Å². The standard InChI is InChI=1S/C26H20ClN3O3/c27-21-3-1-5-24(15-21)33-23-12-10-19(11-13-23)25(31)29-16-18-6-8-20(9-7-18)26(32)30-22-4-2-14-28-17-22/h1-15,17H,16H2,(H,29,31)(H,30,32). The monoisotopic (exact) mass is 457 g/mol. The van der Waals surface area contributed by atoms with Gasteiger partial charge in [0.2, 0.25) is 0 Å². The van der Waals surface area contributed by atoms with E-state index in [2.05, 4.69) is 15.6 Å². The molecule has 0 saturated heterocycles. The number of carbonyl (C=O) groups is 2. The summed E-state index contributed by atoms with van der Waals surface area (Å²) < 4.78 is 5.74. The number of pyridine rings is 1. The molecular weight excluding hydrogens is 438 g/mol. The van der Waals surface area contributed by atoms with Crippen LogP contribution in [0, 0.1) is 0 Å². The van der Waals surface area contributed by atoms with Gasteiger partial charge < -0.3 is 15.4 Å². The lowest BCUT2D eigenvalue weighted by Crippen LogP contribution is -2.22. The van der Waals surface area contributed by atoms with Crippen LogP contribution in [0.4, 0.5) is 5.69 Å². The molecule has 0 saturated carbocycles. The van der Waals surface area contributed by atoms with Crippen molar-refractivity contribution in [2.45, 2.75) is 6.54 Å². The zero-order valence-electron chi connectivity index (χ0n) is 17.5. The maximum Gasteiger partial charge on any atom is 0.255 e. The molecule has 33 heavy (non-hydrogen) atoms. The molecule has 164 valence electrons. The molecule has 0 fully saturated rings. The Bertz CT molecular complexity index is 1240. The van der Waals surface area contributed by atoms with E-state index in [-0.39, 0.29) is 11.8 Å². The minimum atomic E-state index is -0.223. The number of halogens is 1. The van der Waals surface area contributed by atoms with Crippen molar-refractivity contribution < 1.29 is 14.3 Å². The smallest absolute Gasteiger partial charge is 0.255 e. The minimum Gasteiger partial charge on any atom is -0.457 e. The molecule has 0 atom stereocenters. The van der Waals surface area contributed by atoms with E-state index in [0.717, 1.165) is 5.56 Å². The Labute approximate surface area is 196 Å². The number of benzene rings is 3. The van der Waals surface area contributed by atoms with Crippen molar-refractivity contribution in [2.24, 2.45) is 0 Å². The van der Waals surface area contributed by atoms with Gasteiger partial charge in [0, 0.05) is 28.9 Å². The molecule has 0 spiro atoms. The molecule has 0 unspecified atom stereocenters. The van der Waals surface area contributed by atoms with Crippen LogP contribution in [0.2, 0.25) is 5.02 Å². The molecule has 1 heterocycles. The number of amides is 2. The fraction of sp³-hybridized carbons (Fsp3) is 0.0385. The number of nitrogens with one attached hydrogen (secondary N) is 2. The molecule has 4 rings (SSSR count). The van der Waals surface area contributed by atoms with E-state index in [4.69, 9.17) is 16.3 Å². The third kappa shape index (κ3) is 6.18. The molecule has 2 N–H and O–H groups in total. The summed E-state index contributed by atoms with van der Waals surface area (Å²) in [6, 6.07) is 24.5. The van der Waals surface area contributed by atoms with Crippen molar-refractivity contribution in [2.75, 3.05) is 5.32 Å². The molecule has 0 aliphatic heterocycles. The van der Waals surface area contributed by atoms with Gasteiger partial charge in [-0.3, -0.25) is 14.6 Å². The summed E-state index contributed by atoms with van der Waals surface area (Å²) in [5, 5.41) is 6.25. The summed E-state index contributed by atoms with van der Waals surface area (Å²) in [6.45, 7) is 0.337. The number of ether oxygens (including phenoxy) is 1. The molecule has 2 amide bonds. The van der Waals surface area contributed by atoms with Gasteiger partial charge in [0.1, 0.15) is 11.5 Å². The third-order valence-electron chi connectivity index (χ3n) is 4.74. The second-order valence-electron chi connectivity index (χ2n) is 7.16. The third-order valence-corrected chi connectivity index (χ3v) is 4.97. The molecule has 4 aromatic rings. The number of hydrogen-bond acceptors (Lipinski definition) is 4. The van der Waals surface area contributed by atoms with E-state index in [1.165, 1.54) is 0 Å². The summed E-state index contributed by atoms with van der Waals surface area (Å²) in [7, 11) is 0. The number of rotatable bonds is 7. The minimum absolute atomic E-state index is 0.206. The first-order valence-corrected chi connectivity index (χ1v) is 10.6. The highest BCUT2D eigenvalue weighted by molar-refractivity contribution is 6.30.